The molecule has 0 spiro atoms. The maximum absolute atomic E-state index is 12.0. The molecule has 0 bridgehead atoms. The first-order valence-electron chi connectivity index (χ1n) is 12.0. The molecule has 10 heteroatoms. The second kappa shape index (κ2) is 15.3. The van der Waals surface area contributed by atoms with E-state index in [0.29, 0.717) is 12.0 Å². The molecule has 32 heavy (non-hydrogen) atoms. The zero-order valence-corrected chi connectivity index (χ0v) is 22.2. The minimum Gasteiger partial charge on any atom is -0.381 e. The summed E-state index contributed by atoms with van der Waals surface area (Å²) in [4.78, 5) is 23.2. The van der Waals surface area contributed by atoms with Gasteiger partial charge in [0.1, 0.15) is 6.54 Å². The molecule has 9 nitrogen and oxygen atoms in total. The number of carbonyl (C=O) groups is 1. The summed E-state index contributed by atoms with van der Waals surface area (Å²) in [5, 5.41) is 7.04. The van der Waals surface area contributed by atoms with Gasteiger partial charge in [-0.3, -0.25) is 9.69 Å². The number of halogens is 1. The molecule has 3 aliphatic heterocycles. The van der Waals surface area contributed by atoms with Gasteiger partial charge in [0.2, 0.25) is 5.91 Å². The molecule has 0 saturated carbocycles. The molecule has 0 radical (unpaired) electrons. The molecule has 1 atom stereocenters. The highest BCUT2D eigenvalue weighted by molar-refractivity contribution is 14.0. The molecular formula is C22H43IN6O3. The fourth-order valence-corrected chi connectivity index (χ4v) is 4.32. The quantitative estimate of drug-likeness (QED) is 0.182. The second-order valence-corrected chi connectivity index (χ2v) is 9.14. The number of carbonyl (C=O) groups excluding carboxylic acids is 1. The first-order valence-corrected chi connectivity index (χ1v) is 12.0. The molecule has 1 unspecified atom stereocenters. The van der Waals surface area contributed by atoms with Crippen molar-refractivity contribution in [1.82, 2.24) is 25.3 Å². The number of likely N-dealkylation sites (tertiary alicyclic amines) is 1. The Labute approximate surface area is 210 Å². The Bertz CT molecular complexity index is 560. The van der Waals surface area contributed by atoms with Gasteiger partial charge >= 0.3 is 0 Å². The summed E-state index contributed by atoms with van der Waals surface area (Å²) in [6.45, 7) is 11.0. The van der Waals surface area contributed by atoms with E-state index in [1.807, 2.05) is 0 Å². The molecule has 1 amide bonds. The molecule has 3 rings (SSSR count). The Kier molecular flexibility index (Phi) is 13.1. The number of amides is 1. The first kappa shape index (κ1) is 27.6. The standard InChI is InChI=1S/C22H42N6O3.HI/c1-26(2)21(29)16-24-22(23-7-3-8-27-11-14-30-15-12-27)25-20-4-9-28(10-5-20)17-19-6-13-31-18-19;/h19-20H,3-18H2,1-2H3,(H2,23,24,25);1H. The molecule has 186 valence electrons. The molecule has 0 aromatic carbocycles. The number of hydrogen-bond acceptors (Lipinski definition) is 6. The van der Waals surface area contributed by atoms with Crippen LogP contribution in [0.4, 0.5) is 0 Å². The van der Waals surface area contributed by atoms with Crippen LogP contribution in [0, 0.1) is 5.92 Å². The predicted molar refractivity (Wildman–Crippen MR) is 138 cm³/mol. The lowest BCUT2D eigenvalue weighted by atomic mass is 10.0. The van der Waals surface area contributed by atoms with E-state index < -0.39 is 0 Å². The van der Waals surface area contributed by atoms with Gasteiger partial charge in [0, 0.05) is 66.0 Å². The van der Waals surface area contributed by atoms with Gasteiger partial charge in [0.25, 0.3) is 0 Å². The van der Waals surface area contributed by atoms with E-state index in [0.717, 1.165) is 97.5 Å². The van der Waals surface area contributed by atoms with Crippen LogP contribution >= 0.6 is 24.0 Å². The van der Waals surface area contributed by atoms with Gasteiger partial charge in [0.05, 0.1) is 19.8 Å². The fraction of sp³-hybridized carbons (Fsp3) is 0.909. The number of hydrogen-bond donors (Lipinski definition) is 2. The van der Waals surface area contributed by atoms with Crippen molar-refractivity contribution in [3.05, 3.63) is 0 Å². The van der Waals surface area contributed by atoms with Crippen LogP contribution in [0.1, 0.15) is 25.7 Å². The van der Waals surface area contributed by atoms with E-state index in [4.69, 9.17) is 9.47 Å². The lowest BCUT2D eigenvalue weighted by molar-refractivity contribution is -0.127. The highest BCUT2D eigenvalue weighted by atomic mass is 127. The number of piperidine rings is 1. The van der Waals surface area contributed by atoms with E-state index in [2.05, 4.69) is 25.4 Å². The highest BCUT2D eigenvalue weighted by Gasteiger charge is 2.24. The van der Waals surface area contributed by atoms with Crippen LogP contribution in [0.25, 0.3) is 0 Å². The fourth-order valence-electron chi connectivity index (χ4n) is 4.32. The lowest BCUT2D eigenvalue weighted by Crippen LogP contribution is -2.50. The smallest absolute Gasteiger partial charge is 0.243 e. The summed E-state index contributed by atoms with van der Waals surface area (Å²) in [5.41, 5.74) is 0. The molecule has 0 aromatic heterocycles. The summed E-state index contributed by atoms with van der Waals surface area (Å²) in [6, 6.07) is 0.399. The summed E-state index contributed by atoms with van der Waals surface area (Å²) in [7, 11) is 3.54. The van der Waals surface area contributed by atoms with Crippen molar-refractivity contribution < 1.29 is 14.3 Å². The molecular weight excluding hydrogens is 523 g/mol. The Morgan fingerprint density at radius 2 is 1.78 bits per heavy atom. The maximum Gasteiger partial charge on any atom is 0.243 e. The Balaban J connectivity index is 0.00000363. The lowest BCUT2D eigenvalue weighted by Gasteiger charge is -2.34. The van der Waals surface area contributed by atoms with Crippen molar-refractivity contribution in [1.29, 1.82) is 0 Å². The second-order valence-electron chi connectivity index (χ2n) is 9.14. The number of morpholine rings is 1. The molecule has 3 heterocycles. The number of ether oxygens (including phenoxy) is 2. The number of nitrogens with one attached hydrogen (secondary N) is 2. The van der Waals surface area contributed by atoms with Gasteiger partial charge in [-0.25, -0.2) is 4.99 Å². The minimum absolute atomic E-state index is 0. The van der Waals surface area contributed by atoms with E-state index >= 15 is 0 Å². The normalized spacial score (nSPS) is 23.6. The summed E-state index contributed by atoms with van der Waals surface area (Å²) >= 11 is 0. The van der Waals surface area contributed by atoms with Crippen LogP contribution in [0.2, 0.25) is 0 Å². The average molecular weight is 567 g/mol. The van der Waals surface area contributed by atoms with Crippen molar-refractivity contribution >= 4 is 35.8 Å². The molecule has 0 aromatic rings. The summed E-state index contributed by atoms with van der Waals surface area (Å²) in [6.07, 6.45) is 4.45. The number of likely N-dealkylation sites (N-methyl/N-ethyl adjacent to an activating group) is 1. The highest BCUT2D eigenvalue weighted by Crippen LogP contribution is 2.17. The van der Waals surface area contributed by atoms with Crippen LogP contribution in [0.15, 0.2) is 4.99 Å². The van der Waals surface area contributed by atoms with Crippen LogP contribution in [0.3, 0.4) is 0 Å². The molecule has 3 saturated heterocycles. The van der Waals surface area contributed by atoms with Gasteiger partial charge < -0.3 is 29.9 Å². The number of aliphatic imine (C=N–C) groups is 1. The monoisotopic (exact) mass is 566 g/mol. The summed E-state index contributed by atoms with van der Waals surface area (Å²) in [5.74, 6) is 1.48. The first-order chi connectivity index (χ1) is 15.1. The third-order valence-electron chi connectivity index (χ3n) is 6.39. The van der Waals surface area contributed by atoms with E-state index in [1.54, 1.807) is 19.0 Å². The SMILES string of the molecule is CN(C)C(=O)CN=C(NCCCN1CCOCC1)NC1CCN(CC2CCOC2)CC1.I. The Morgan fingerprint density at radius 3 is 2.44 bits per heavy atom. The zero-order valence-electron chi connectivity index (χ0n) is 19.9. The van der Waals surface area contributed by atoms with Gasteiger partial charge in [-0.1, -0.05) is 0 Å². The zero-order chi connectivity index (χ0) is 21.9. The summed E-state index contributed by atoms with van der Waals surface area (Å²) < 4.78 is 10.9. The van der Waals surface area contributed by atoms with Gasteiger partial charge in [-0.15, -0.1) is 24.0 Å². The van der Waals surface area contributed by atoms with E-state index in [1.165, 1.54) is 6.42 Å². The Hall–Kier alpha value is -0.690. The third kappa shape index (κ3) is 10.1. The molecule has 0 aliphatic carbocycles. The number of rotatable bonds is 9. The van der Waals surface area contributed by atoms with Crippen LogP contribution in [0.5, 0.6) is 0 Å². The largest absolute Gasteiger partial charge is 0.381 e. The minimum atomic E-state index is 0. The number of nitrogens with zero attached hydrogens (tertiary/aromatic N) is 4. The van der Waals surface area contributed by atoms with Crippen molar-refractivity contribution in [2.75, 3.05) is 92.9 Å². The van der Waals surface area contributed by atoms with Crippen molar-refractivity contribution in [2.24, 2.45) is 10.9 Å². The third-order valence-corrected chi connectivity index (χ3v) is 6.39. The van der Waals surface area contributed by atoms with Crippen molar-refractivity contribution in [2.45, 2.75) is 31.7 Å². The maximum atomic E-state index is 12.0. The van der Waals surface area contributed by atoms with Crippen molar-refractivity contribution in [3.63, 3.8) is 0 Å². The molecule has 2 N–H and O–H groups in total. The van der Waals surface area contributed by atoms with E-state index in [9.17, 15) is 4.79 Å². The van der Waals surface area contributed by atoms with E-state index in [-0.39, 0.29) is 36.4 Å². The van der Waals surface area contributed by atoms with Crippen LogP contribution < -0.4 is 10.6 Å². The Morgan fingerprint density at radius 1 is 1.03 bits per heavy atom. The number of guanidine groups is 1. The van der Waals surface area contributed by atoms with Gasteiger partial charge in [-0.2, -0.15) is 0 Å². The predicted octanol–water partition coefficient (Wildman–Crippen LogP) is 0.451. The molecule has 3 fully saturated rings. The van der Waals surface area contributed by atoms with Gasteiger partial charge in [0.15, 0.2) is 5.96 Å². The van der Waals surface area contributed by atoms with Gasteiger partial charge in [-0.05, 0) is 38.1 Å². The van der Waals surface area contributed by atoms with Crippen molar-refractivity contribution in [3.8, 4) is 0 Å². The molecule has 3 aliphatic rings. The van der Waals surface area contributed by atoms with Crippen LogP contribution in [-0.2, 0) is 14.3 Å². The van der Waals surface area contributed by atoms with Crippen LogP contribution in [-0.4, -0.2) is 125 Å². The average Bonchev–Trinajstić information content (AvgIpc) is 3.29. The topological polar surface area (TPSA) is 81.7 Å².